The van der Waals surface area contributed by atoms with E-state index in [9.17, 15) is 18.1 Å². The zero-order chi connectivity index (χ0) is 18.3. The summed E-state index contributed by atoms with van der Waals surface area (Å²) in [7, 11) is -4.21. The predicted molar refractivity (Wildman–Crippen MR) is 100 cm³/mol. The molecule has 0 heterocycles. The van der Waals surface area contributed by atoms with Gasteiger partial charge in [0.1, 0.15) is 0 Å². The van der Waals surface area contributed by atoms with Gasteiger partial charge < -0.3 is 9.66 Å². The SMILES string of the molecule is CCCCCCCCCCCC(CCCC(O)CCC)S(=O)(=O)[O-].[Na+]. The van der Waals surface area contributed by atoms with Crippen molar-refractivity contribution in [2.75, 3.05) is 0 Å². The first-order valence-corrected chi connectivity index (χ1v) is 11.5. The molecule has 0 aliphatic heterocycles. The van der Waals surface area contributed by atoms with Crippen molar-refractivity contribution >= 4 is 10.1 Å². The molecule has 146 valence electrons. The van der Waals surface area contributed by atoms with Crippen molar-refractivity contribution < 1.29 is 47.6 Å². The van der Waals surface area contributed by atoms with Crippen LogP contribution in [0.3, 0.4) is 0 Å². The maximum absolute atomic E-state index is 11.4. The molecule has 0 saturated heterocycles. The van der Waals surface area contributed by atoms with Gasteiger partial charge in [-0.2, -0.15) is 0 Å². The molecule has 0 aromatic rings. The van der Waals surface area contributed by atoms with Crippen molar-refractivity contribution in [3.05, 3.63) is 0 Å². The summed E-state index contributed by atoms with van der Waals surface area (Å²) in [6, 6.07) is 0. The predicted octanol–water partition coefficient (Wildman–Crippen LogP) is 2.16. The Morgan fingerprint density at radius 2 is 1.20 bits per heavy atom. The van der Waals surface area contributed by atoms with Crippen LogP contribution in [-0.2, 0) is 10.1 Å². The van der Waals surface area contributed by atoms with Gasteiger partial charge in [-0.05, 0) is 32.1 Å². The van der Waals surface area contributed by atoms with Crippen LogP contribution in [-0.4, -0.2) is 29.4 Å². The topological polar surface area (TPSA) is 77.4 Å². The first-order valence-electron chi connectivity index (χ1n) is 10.0. The maximum atomic E-state index is 11.4. The van der Waals surface area contributed by atoms with Crippen LogP contribution in [0.2, 0.25) is 0 Å². The summed E-state index contributed by atoms with van der Waals surface area (Å²) in [5.41, 5.74) is 0. The first kappa shape index (κ1) is 28.1. The Balaban J connectivity index is 0. The summed E-state index contributed by atoms with van der Waals surface area (Å²) in [5.74, 6) is 0. The minimum atomic E-state index is -4.21. The maximum Gasteiger partial charge on any atom is 1.00 e. The monoisotopic (exact) mass is 386 g/mol. The number of aliphatic hydroxyl groups is 1. The zero-order valence-corrected chi connectivity index (χ0v) is 19.7. The molecule has 0 aromatic heterocycles. The molecule has 2 atom stereocenters. The van der Waals surface area contributed by atoms with Crippen LogP contribution in [0.4, 0.5) is 0 Å². The third-order valence-corrected chi connectivity index (χ3v) is 6.01. The summed E-state index contributed by atoms with van der Waals surface area (Å²) in [6.07, 6.45) is 14.0. The fraction of sp³-hybridized carbons (Fsp3) is 1.00. The van der Waals surface area contributed by atoms with E-state index >= 15 is 0 Å². The second kappa shape index (κ2) is 18.2. The molecule has 1 N–H and O–H groups in total. The molecular weight excluding hydrogens is 347 g/mol. The molecule has 6 heteroatoms. The molecule has 0 aromatic carbocycles. The van der Waals surface area contributed by atoms with Crippen molar-refractivity contribution in [1.29, 1.82) is 0 Å². The summed E-state index contributed by atoms with van der Waals surface area (Å²) in [6.45, 7) is 4.23. The molecule has 0 bridgehead atoms. The van der Waals surface area contributed by atoms with Gasteiger partial charge in [0, 0.05) is 5.25 Å². The average Bonchev–Trinajstić information content (AvgIpc) is 2.50. The van der Waals surface area contributed by atoms with E-state index in [1.807, 2.05) is 6.92 Å². The van der Waals surface area contributed by atoms with Crippen LogP contribution in [0.15, 0.2) is 0 Å². The summed E-state index contributed by atoms with van der Waals surface area (Å²) in [4.78, 5) is 0. The van der Waals surface area contributed by atoms with Crippen LogP contribution in [0.1, 0.15) is 110 Å². The molecule has 2 unspecified atom stereocenters. The molecule has 0 radical (unpaired) electrons. The van der Waals surface area contributed by atoms with Crippen LogP contribution < -0.4 is 29.6 Å². The fourth-order valence-corrected chi connectivity index (χ4v) is 4.09. The minimum absolute atomic E-state index is 0. The Bertz CT molecular complexity index is 374. The van der Waals surface area contributed by atoms with Gasteiger partial charge in [0.25, 0.3) is 0 Å². The van der Waals surface area contributed by atoms with E-state index in [1.165, 1.54) is 38.5 Å². The van der Waals surface area contributed by atoms with Crippen molar-refractivity contribution in [3.63, 3.8) is 0 Å². The van der Waals surface area contributed by atoms with Crippen LogP contribution in [0, 0.1) is 0 Å². The Hall–Kier alpha value is 0.870. The van der Waals surface area contributed by atoms with Gasteiger partial charge in [-0.1, -0.05) is 78.1 Å². The smallest absolute Gasteiger partial charge is 0.748 e. The molecule has 0 fully saturated rings. The number of rotatable bonds is 17. The van der Waals surface area contributed by atoms with E-state index < -0.39 is 15.4 Å². The van der Waals surface area contributed by atoms with E-state index in [0.29, 0.717) is 25.7 Å². The van der Waals surface area contributed by atoms with Gasteiger partial charge in [-0.25, -0.2) is 8.42 Å². The second-order valence-corrected chi connectivity index (χ2v) is 8.76. The number of unbranched alkanes of at least 4 members (excludes halogenated alkanes) is 8. The molecule has 0 rings (SSSR count). The van der Waals surface area contributed by atoms with Gasteiger partial charge in [0.2, 0.25) is 0 Å². The molecule has 0 amide bonds. The molecule has 4 nitrogen and oxygen atoms in total. The Kier molecular flexibility index (Phi) is 20.5. The van der Waals surface area contributed by atoms with Gasteiger partial charge in [0.15, 0.2) is 0 Å². The Morgan fingerprint density at radius 1 is 0.720 bits per heavy atom. The average molecular weight is 387 g/mol. The van der Waals surface area contributed by atoms with Crippen LogP contribution in [0.5, 0.6) is 0 Å². The fourth-order valence-electron chi connectivity index (χ4n) is 3.17. The van der Waals surface area contributed by atoms with E-state index in [2.05, 4.69) is 6.92 Å². The standard InChI is InChI=1S/C19H40O4S.Na/c1-3-5-6-7-8-9-10-11-12-16-19(24(21,22)23)17-13-15-18(20)14-4-2;/h18-20H,3-17H2,1-2H3,(H,21,22,23);/q;+1/p-1. The van der Waals surface area contributed by atoms with E-state index in [4.69, 9.17) is 0 Å². The first-order chi connectivity index (χ1) is 11.4. The summed E-state index contributed by atoms with van der Waals surface area (Å²) in [5, 5.41) is 8.92. The molecular formula is C19H39NaO4S. The molecule has 0 saturated carbocycles. The third kappa shape index (κ3) is 18.0. The Labute approximate surface area is 178 Å². The third-order valence-electron chi connectivity index (χ3n) is 4.72. The van der Waals surface area contributed by atoms with E-state index in [-0.39, 0.29) is 35.7 Å². The van der Waals surface area contributed by atoms with Crippen molar-refractivity contribution in [1.82, 2.24) is 0 Å². The molecule has 0 aliphatic rings. The van der Waals surface area contributed by atoms with Gasteiger partial charge in [-0.3, -0.25) is 0 Å². The Morgan fingerprint density at radius 3 is 1.68 bits per heavy atom. The van der Waals surface area contributed by atoms with Gasteiger partial charge >= 0.3 is 29.6 Å². The van der Waals surface area contributed by atoms with Crippen LogP contribution in [0.25, 0.3) is 0 Å². The zero-order valence-electron chi connectivity index (χ0n) is 16.8. The second-order valence-electron chi connectivity index (χ2n) is 7.11. The number of hydrogen-bond acceptors (Lipinski definition) is 4. The normalized spacial score (nSPS) is 14.1. The van der Waals surface area contributed by atoms with Gasteiger partial charge in [-0.15, -0.1) is 0 Å². The van der Waals surface area contributed by atoms with Crippen molar-refractivity contribution in [2.24, 2.45) is 0 Å². The van der Waals surface area contributed by atoms with Crippen LogP contribution >= 0.6 is 0 Å². The van der Waals surface area contributed by atoms with Gasteiger partial charge in [0.05, 0.1) is 16.2 Å². The molecule has 0 aliphatic carbocycles. The number of aliphatic hydroxyl groups excluding tert-OH is 1. The summed E-state index contributed by atoms with van der Waals surface area (Å²) < 4.78 is 34.1. The van der Waals surface area contributed by atoms with E-state index in [1.54, 1.807) is 0 Å². The molecule has 25 heavy (non-hydrogen) atoms. The summed E-state index contributed by atoms with van der Waals surface area (Å²) >= 11 is 0. The minimum Gasteiger partial charge on any atom is -0.748 e. The van der Waals surface area contributed by atoms with Crippen molar-refractivity contribution in [3.8, 4) is 0 Å². The van der Waals surface area contributed by atoms with E-state index in [0.717, 1.165) is 32.1 Å². The number of hydrogen-bond donors (Lipinski definition) is 1. The largest absolute Gasteiger partial charge is 1.00 e. The molecule has 0 spiro atoms. The van der Waals surface area contributed by atoms with Crippen molar-refractivity contribution in [2.45, 2.75) is 122 Å². The quantitative estimate of drug-likeness (QED) is 0.236.